The van der Waals surface area contributed by atoms with Crippen LogP contribution in [0.2, 0.25) is 5.02 Å². The summed E-state index contributed by atoms with van der Waals surface area (Å²) in [6.07, 6.45) is 0. The summed E-state index contributed by atoms with van der Waals surface area (Å²) >= 11 is 9.30. The third-order valence-electron chi connectivity index (χ3n) is 2.32. The molecule has 0 saturated heterocycles. The van der Waals surface area contributed by atoms with Crippen LogP contribution in [-0.2, 0) is 16.6 Å². The molecule has 5 nitrogen and oxygen atoms in total. The van der Waals surface area contributed by atoms with E-state index in [0.29, 0.717) is 17.3 Å². The maximum Gasteiger partial charge on any atom is 0.271 e. The van der Waals surface area contributed by atoms with Gasteiger partial charge in [0.2, 0.25) is 5.09 Å². The Labute approximate surface area is 123 Å². The molecule has 0 saturated carbocycles. The Balaban J connectivity index is 2.11. The summed E-state index contributed by atoms with van der Waals surface area (Å²) in [5, 5.41) is 8.35. The number of nitrogens with two attached hydrogens (primary N) is 1. The van der Waals surface area contributed by atoms with Crippen molar-refractivity contribution in [2.45, 2.75) is 11.6 Å². The Morgan fingerprint density at radius 2 is 2.05 bits per heavy atom. The number of anilines is 1. The number of sulfonamides is 1. The Bertz CT molecular complexity index is 700. The van der Waals surface area contributed by atoms with Crippen molar-refractivity contribution in [3.05, 3.63) is 45.6 Å². The van der Waals surface area contributed by atoms with Crippen molar-refractivity contribution in [1.82, 2.24) is 0 Å². The van der Waals surface area contributed by atoms with Gasteiger partial charge in [0, 0.05) is 0 Å². The van der Waals surface area contributed by atoms with E-state index in [0.717, 1.165) is 10.2 Å². The van der Waals surface area contributed by atoms with Gasteiger partial charge in [0.15, 0.2) is 0 Å². The van der Waals surface area contributed by atoms with E-state index in [4.69, 9.17) is 21.2 Å². The van der Waals surface area contributed by atoms with Crippen LogP contribution in [0, 0.1) is 0 Å². The molecule has 0 aliphatic rings. The van der Waals surface area contributed by atoms with E-state index in [-0.39, 0.29) is 5.09 Å². The zero-order chi connectivity index (χ0) is 14.0. The van der Waals surface area contributed by atoms with Gasteiger partial charge >= 0.3 is 0 Å². The molecule has 19 heavy (non-hydrogen) atoms. The highest BCUT2D eigenvalue weighted by atomic mass is 79.9. The van der Waals surface area contributed by atoms with Crippen LogP contribution >= 0.6 is 27.5 Å². The lowest BCUT2D eigenvalue weighted by Crippen LogP contribution is -2.10. The highest BCUT2D eigenvalue weighted by Crippen LogP contribution is 2.30. The summed E-state index contributed by atoms with van der Waals surface area (Å²) < 4.78 is 28.0. The molecule has 0 aliphatic carbocycles. The van der Waals surface area contributed by atoms with Crippen LogP contribution in [0.3, 0.4) is 0 Å². The number of primary sulfonamides is 1. The van der Waals surface area contributed by atoms with Gasteiger partial charge in [0.05, 0.1) is 21.7 Å². The maximum absolute atomic E-state index is 11.1. The molecule has 0 fully saturated rings. The van der Waals surface area contributed by atoms with E-state index in [1.807, 2.05) is 6.07 Å². The lowest BCUT2D eigenvalue weighted by molar-refractivity contribution is 0.419. The monoisotopic (exact) mass is 364 g/mol. The fourth-order valence-electron chi connectivity index (χ4n) is 1.43. The lowest BCUT2D eigenvalue weighted by atomic mass is 10.3. The first-order valence-corrected chi connectivity index (χ1v) is 7.89. The van der Waals surface area contributed by atoms with Crippen LogP contribution in [0.5, 0.6) is 0 Å². The third kappa shape index (κ3) is 3.50. The van der Waals surface area contributed by atoms with Gasteiger partial charge in [-0.3, -0.25) is 0 Å². The first-order chi connectivity index (χ1) is 8.88. The SMILES string of the molecule is NS(=O)(=O)c1ccc(CNc2cccc(Cl)c2Br)o1. The van der Waals surface area contributed by atoms with Crippen molar-refractivity contribution >= 4 is 43.2 Å². The lowest BCUT2D eigenvalue weighted by Gasteiger charge is -2.07. The number of furan rings is 1. The molecule has 0 bridgehead atoms. The molecule has 1 heterocycles. The number of rotatable bonds is 4. The highest BCUT2D eigenvalue weighted by Gasteiger charge is 2.13. The Kier molecular flexibility index (Phi) is 4.19. The standard InChI is InChI=1S/C11H10BrClN2O3S/c12-11-8(13)2-1-3-9(11)15-6-7-4-5-10(18-7)19(14,16)17/h1-5,15H,6H2,(H2,14,16,17). The molecule has 0 atom stereocenters. The Morgan fingerprint density at radius 3 is 2.68 bits per heavy atom. The summed E-state index contributed by atoms with van der Waals surface area (Å²) in [7, 11) is -3.80. The zero-order valence-electron chi connectivity index (χ0n) is 9.56. The van der Waals surface area contributed by atoms with Crippen LogP contribution in [0.15, 0.2) is 44.3 Å². The number of hydrogen-bond donors (Lipinski definition) is 2. The van der Waals surface area contributed by atoms with Gasteiger partial charge in [-0.05, 0) is 40.2 Å². The van der Waals surface area contributed by atoms with Gasteiger partial charge in [-0.15, -0.1) is 0 Å². The van der Waals surface area contributed by atoms with E-state index in [1.165, 1.54) is 6.07 Å². The minimum absolute atomic E-state index is 0.255. The first kappa shape index (κ1) is 14.4. The second-order valence-electron chi connectivity index (χ2n) is 3.72. The van der Waals surface area contributed by atoms with Gasteiger partial charge < -0.3 is 9.73 Å². The van der Waals surface area contributed by atoms with Gasteiger partial charge in [0.1, 0.15) is 5.76 Å². The molecule has 0 aliphatic heterocycles. The van der Waals surface area contributed by atoms with Gasteiger partial charge in [0.25, 0.3) is 10.0 Å². The van der Waals surface area contributed by atoms with E-state index in [2.05, 4.69) is 21.2 Å². The molecular weight excluding hydrogens is 356 g/mol. The third-order valence-corrected chi connectivity index (χ3v) is 4.50. The Morgan fingerprint density at radius 1 is 1.32 bits per heavy atom. The van der Waals surface area contributed by atoms with Crippen molar-refractivity contribution in [2.24, 2.45) is 5.14 Å². The average Bonchev–Trinajstić information content (AvgIpc) is 2.79. The maximum atomic E-state index is 11.1. The number of nitrogens with one attached hydrogen (secondary N) is 1. The number of benzene rings is 1. The van der Waals surface area contributed by atoms with E-state index < -0.39 is 10.0 Å². The van der Waals surface area contributed by atoms with Crippen molar-refractivity contribution < 1.29 is 12.8 Å². The largest absolute Gasteiger partial charge is 0.446 e. The summed E-state index contributed by atoms with van der Waals surface area (Å²) in [4.78, 5) is 0. The van der Waals surface area contributed by atoms with Crippen molar-refractivity contribution in [2.75, 3.05) is 5.32 Å². The predicted molar refractivity (Wildman–Crippen MR) is 76.6 cm³/mol. The van der Waals surface area contributed by atoms with Crippen LogP contribution in [-0.4, -0.2) is 8.42 Å². The van der Waals surface area contributed by atoms with Crippen LogP contribution in [0.25, 0.3) is 0 Å². The Hall–Kier alpha value is -1.02. The summed E-state index contributed by atoms with van der Waals surface area (Å²) in [5.41, 5.74) is 0.779. The normalized spacial score (nSPS) is 11.5. The molecule has 0 unspecified atom stereocenters. The van der Waals surface area contributed by atoms with Gasteiger partial charge in [-0.25, -0.2) is 13.6 Å². The van der Waals surface area contributed by atoms with Crippen molar-refractivity contribution in [1.29, 1.82) is 0 Å². The molecule has 2 aromatic rings. The molecule has 3 N–H and O–H groups in total. The fourth-order valence-corrected chi connectivity index (χ4v) is 2.49. The molecule has 0 amide bonds. The molecular formula is C11H10BrClN2O3S. The van der Waals surface area contributed by atoms with Crippen LogP contribution in [0.4, 0.5) is 5.69 Å². The first-order valence-electron chi connectivity index (χ1n) is 5.17. The molecule has 0 radical (unpaired) electrons. The second kappa shape index (κ2) is 5.54. The van der Waals surface area contributed by atoms with E-state index in [1.54, 1.807) is 18.2 Å². The van der Waals surface area contributed by atoms with Gasteiger partial charge in [-0.2, -0.15) is 0 Å². The zero-order valence-corrected chi connectivity index (χ0v) is 12.7. The van der Waals surface area contributed by atoms with Crippen molar-refractivity contribution in [3.63, 3.8) is 0 Å². The molecule has 1 aromatic heterocycles. The molecule has 102 valence electrons. The predicted octanol–water partition coefficient (Wildman–Crippen LogP) is 2.96. The molecule has 2 rings (SSSR count). The smallest absolute Gasteiger partial charge is 0.271 e. The summed E-state index contributed by atoms with van der Waals surface area (Å²) in [6.45, 7) is 0.314. The average molecular weight is 366 g/mol. The highest BCUT2D eigenvalue weighted by molar-refractivity contribution is 9.10. The topological polar surface area (TPSA) is 85.3 Å². The van der Waals surface area contributed by atoms with Crippen molar-refractivity contribution in [3.8, 4) is 0 Å². The number of halogens is 2. The van der Waals surface area contributed by atoms with Crippen LogP contribution < -0.4 is 10.5 Å². The van der Waals surface area contributed by atoms with Crippen LogP contribution in [0.1, 0.15) is 5.76 Å². The molecule has 0 spiro atoms. The summed E-state index contributed by atoms with van der Waals surface area (Å²) in [5.74, 6) is 0.455. The molecule has 8 heteroatoms. The summed E-state index contributed by atoms with van der Waals surface area (Å²) in [6, 6.07) is 8.25. The second-order valence-corrected chi connectivity index (χ2v) is 6.41. The minimum atomic E-state index is -3.80. The van der Waals surface area contributed by atoms with Gasteiger partial charge in [-0.1, -0.05) is 17.7 Å². The van der Waals surface area contributed by atoms with E-state index in [9.17, 15) is 8.42 Å². The number of hydrogen-bond acceptors (Lipinski definition) is 4. The minimum Gasteiger partial charge on any atom is -0.446 e. The van der Waals surface area contributed by atoms with E-state index >= 15 is 0 Å². The fraction of sp³-hybridized carbons (Fsp3) is 0.0909. The molecule has 1 aromatic carbocycles. The quantitative estimate of drug-likeness (QED) is 0.872.